The Kier molecular flexibility index (Phi) is 3.50. The van der Waals surface area contributed by atoms with E-state index in [4.69, 9.17) is 0 Å². The molecule has 2 rings (SSSR count). The number of piperidine rings is 1. The second-order valence-electron chi connectivity index (χ2n) is 3.83. The van der Waals surface area contributed by atoms with E-state index in [2.05, 4.69) is 10.3 Å². The summed E-state index contributed by atoms with van der Waals surface area (Å²) in [7, 11) is 0. The first kappa shape index (κ1) is 10.1. The third-order valence-electron chi connectivity index (χ3n) is 2.69. The first-order chi connectivity index (χ1) is 6.86. The molecule has 14 heavy (non-hydrogen) atoms. The van der Waals surface area contributed by atoms with Crippen molar-refractivity contribution in [1.29, 1.82) is 0 Å². The second-order valence-corrected chi connectivity index (χ2v) is 4.76. The van der Waals surface area contributed by atoms with E-state index >= 15 is 0 Å². The van der Waals surface area contributed by atoms with Gasteiger partial charge in [0.1, 0.15) is 11.1 Å². The molecule has 0 amide bonds. The fraction of sp³-hybridized carbons (Fsp3) is 0.700. The number of aromatic nitrogens is 1. The monoisotopic (exact) mass is 212 g/mol. The van der Waals surface area contributed by atoms with Gasteiger partial charge in [-0.3, -0.25) is 0 Å². The van der Waals surface area contributed by atoms with Crippen LogP contribution in [0.4, 0.5) is 0 Å². The summed E-state index contributed by atoms with van der Waals surface area (Å²) in [5.74, 6) is 0.614. The van der Waals surface area contributed by atoms with Crippen LogP contribution in [0.5, 0.6) is 0 Å². The highest BCUT2D eigenvalue weighted by Gasteiger charge is 2.19. The number of hydrogen-bond donors (Lipinski definition) is 2. The van der Waals surface area contributed by atoms with Crippen molar-refractivity contribution in [3.05, 3.63) is 16.6 Å². The van der Waals surface area contributed by atoms with Crippen molar-refractivity contribution in [3.63, 3.8) is 0 Å². The predicted octanol–water partition coefficient (Wildman–Crippen LogP) is 1.57. The van der Waals surface area contributed by atoms with Gasteiger partial charge in [-0.1, -0.05) is 0 Å². The number of thiazole rings is 1. The van der Waals surface area contributed by atoms with E-state index in [9.17, 15) is 5.11 Å². The summed E-state index contributed by atoms with van der Waals surface area (Å²) in [6.07, 6.45) is 4.70. The Hall–Kier alpha value is -0.450. The molecule has 78 valence electrons. The number of nitrogens with zero attached hydrogens (tertiary/aromatic N) is 1. The second kappa shape index (κ2) is 4.87. The standard InChI is InChI=1S/C10H16N2OS/c13-9(10-12-4-5-14-10)6-8-2-1-3-11-7-8/h4-5,8-9,11,13H,1-3,6-7H2. The van der Waals surface area contributed by atoms with E-state index in [-0.39, 0.29) is 6.10 Å². The first-order valence-electron chi connectivity index (χ1n) is 5.14. The minimum Gasteiger partial charge on any atom is -0.386 e. The molecule has 2 atom stereocenters. The van der Waals surface area contributed by atoms with E-state index in [1.54, 1.807) is 6.20 Å². The lowest BCUT2D eigenvalue weighted by atomic mass is 9.94. The fourth-order valence-electron chi connectivity index (χ4n) is 1.94. The van der Waals surface area contributed by atoms with E-state index in [0.717, 1.165) is 24.5 Å². The van der Waals surface area contributed by atoms with Crippen LogP contribution in [-0.4, -0.2) is 23.2 Å². The fourth-order valence-corrected chi connectivity index (χ4v) is 2.58. The number of hydrogen-bond acceptors (Lipinski definition) is 4. The summed E-state index contributed by atoms with van der Waals surface area (Å²) in [6, 6.07) is 0. The summed E-state index contributed by atoms with van der Waals surface area (Å²) >= 11 is 1.54. The van der Waals surface area contributed by atoms with Gasteiger partial charge in [-0.25, -0.2) is 4.98 Å². The largest absolute Gasteiger partial charge is 0.386 e. The lowest BCUT2D eigenvalue weighted by molar-refractivity contribution is 0.135. The Morgan fingerprint density at radius 1 is 1.71 bits per heavy atom. The number of aliphatic hydroxyl groups is 1. The maximum absolute atomic E-state index is 9.88. The summed E-state index contributed by atoms with van der Waals surface area (Å²) in [5.41, 5.74) is 0. The van der Waals surface area contributed by atoms with Gasteiger partial charge in [-0.15, -0.1) is 11.3 Å². The Morgan fingerprint density at radius 2 is 2.64 bits per heavy atom. The molecule has 2 N–H and O–H groups in total. The molecule has 0 bridgehead atoms. The van der Waals surface area contributed by atoms with Gasteiger partial charge in [0.15, 0.2) is 0 Å². The van der Waals surface area contributed by atoms with E-state index in [0.29, 0.717) is 5.92 Å². The lowest BCUT2D eigenvalue weighted by Crippen LogP contribution is -2.30. The zero-order valence-corrected chi connectivity index (χ0v) is 8.96. The predicted molar refractivity (Wildman–Crippen MR) is 57.3 cm³/mol. The minimum atomic E-state index is -0.361. The average molecular weight is 212 g/mol. The van der Waals surface area contributed by atoms with Gasteiger partial charge in [-0.2, -0.15) is 0 Å². The molecule has 1 fully saturated rings. The lowest BCUT2D eigenvalue weighted by Gasteiger charge is -2.24. The van der Waals surface area contributed by atoms with Crippen molar-refractivity contribution in [2.45, 2.75) is 25.4 Å². The number of rotatable bonds is 3. The highest BCUT2D eigenvalue weighted by molar-refractivity contribution is 7.09. The van der Waals surface area contributed by atoms with Crippen LogP contribution in [0.15, 0.2) is 11.6 Å². The summed E-state index contributed by atoms with van der Waals surface area (Å²) in [6.45, 7) is 2.17. The molecule has 1 aliphatic rings. The zero-order chi connectivity index (χ0) is 9.80. The van der Waals surface area contributed by atoms with Gasteiger partial charge in [0.2, 0.25) is 0 Å². The molecule has 1 saturated heterocycles. The molecule has 2 unspecified atom stereocenters. The molecule has 0 aliphatic carbocycles. The SMILES string of the molecule is OC(CC1CCCNC1)c1nccs1. The van der Waals surface area contributed by atoms with Gasteiger partial charge < -0.3 is 10.4 Å². The van der Waals surface area contributed by atoms with Crippen LogP contribution < -0.4 is 5.32 Å². The molecule has 1 aromatic heterocycles. The molecular weight excluding hydrogens is 196 g/mol. The molecule has 4 heteroatoms. The van der Waals surface area contributed by atoms with Crippen molar-refractivity contribution < 1.29 is 5.11 Å². The Labute approximate surface area is 88.2 Å². The average Bonchev–Trinajstić information content (AvgIpc) is 2.72. The Morgan fingerprint density at radius 3 is 3.29 bits per heavy atom. The van der Waals surface area contributed by atoms with Crippen LogP contribution >= 0.6 is 11.3 Å². The van der Waals surface area contributed by atoms with Crippen molar-refractivity contribution in [2.24, 2.45) is 5.92 Å². The molecule has 1 aliphatic heterocycles. The van der Waals surface area contributed by atoms with Gasteiger partial charge >= 0.3 is 0 Å². The third-order valence-corrected chi connectivity index (χ3v) is 3.57. The highest BCUT2D eigenvalue weighted by Crippen LogP contribution is 2.25. The van der Waals surface area contributed by atoms with Gasteiger partial charge in [0.25, 0.3) is 0 Å². The van der Waals surface area contributed by atoms with Crippen LogP contribution in [0.25, 0.3) is 0 Å². The number of aliphatic hydroxyl groups excluding tert-OH is 1. The van der Waals surface area contributed by atoms with Crippen LogP contribution in [0.2, 0.25) is 0 Å². The van der Waals surface area contributed by atoms with Crippen molar-refractivity contribution in [3.8, 4) is 0 Å². The molecule has 0 spiro atoms. The molecule has 0 aromatic carbocycles. The topological polar surface area (TPSA) is 45.1 Å². The molecule has 0 saturated carbocycles. The minimum absolute atomic E-state index is 0.361. The van der Waals surface area contributed by atoms with Crippen LogP contribution in [0, 0.1) is 5.92 Å². The zero-order valence-electron chi connectivity index (χ0n) is 8.15. The quantitative estimate of drug-likeness (QED) is 0.799. The maximum Gasteiger partial charge on any atom is 0.121 e. The summed E-state index contributed by atoms with van der Waals surface area (Å²) in [4.78, 5) is 4.13. The smallest absolute Gasteiger partial charge is 0.121 e. The summed E-state index contributed by atoms with van der Waals surface area (Å²) < 4.78 is 0. The van der Waals surface area contributed by atoms with Crippen molar-refractivity contribution in [1.82, 2.24) is 10.3 Å². The molecule has 1 aromatic rings. The third kappa shape index (κ3) is 2.53. The highest BCUT2D eigenvalue weighted by atomic mass is 32.1. The van der Waals surface area contributed by atoms with Crippen LogP contribution in [-0.2, 0) is 0 Å². The van der Waals surface area contributed by atoms with Crippen molar-refractivity contribution >= 4 is 11.3 Å². The molecule has 0 radical (unpaired) electrons. The van der Waals surface area contributed by atoms with E-state index in [1.807, 2.05) is 5.38 Å². The van der Waals surface area contributed by atoms with E-state index in [1.165, 1.54) is 24.2 Å². The van der Waals surface area contributed by atoms with Gasteiger partial charge in [0, 0.05) is 11.6 Å². The number of nitrogens with one attached hydrogen (secondary N) is 1. The Balaban J connectivity index is 1.84. The van der Waals surface area contributed by atoms with Gasteiger partial charge in [0.05, 0.1) is 0 Å². The van der Waals surface area contributed by atoms with Gasteiger partial charge in [-0.05, 0) is 38.3 Å². The molecule has 3 nitrogen and oxygen atoms in total. The van der Waals surface area contributed by atoms with Crippen LogP contribution in [0.3, 0.4) is 0 Å². The molecule has 2 heterocycles. The van der Waals surface area contributed by atoms with E-state index < -0.39 is 0 Å². The first-order valence-corrected chi connectivity index (χ1v) is 6.02. The molecular formula is C10H16N2OS. The maximum atomic E-state index is 9.88. The van der Waals surface area contributed by atoms with Crippen molar-refractivity contribution in [2.75, 3.05) is 13.1 Å². The summed E-state index contributed by atoms with van der Waals surface area (Å²) in [5, 5.41) is 16.0. The van der Waals surface area contributed by atoms with Crippen LogP contribution in [0.1, 0.15) is 30.4 Å². The normalized spacial score (nSPS) is 24.8. The Bertz CT molecular complexity index is 257.